The number of hydrogen-bond donors (Lipinski definition) is 1. The summed E-state index contributed by atoms with van der Waals surface area (Å²) < 4.78 is 10.6. The van der Waals surface area contributed by atoms with Gasteiger partial charge in [0.1, 0.15) is 0 Å². The van der Waals surface area contributed by atoms with E-state index < -0.39 is 5.72 Å². The fourth-order valence-electron chi connectivity index (χ4n) is 4.01. The van der Waals surface area contributed by atoms with Crippen molar-refractivity contribution in [3.05, 3.63) is 69.8 Å². The van der Waals surface area contributed by atoms with Crippen molar-refractivity contribution in [3.8, 4) is 17.6 Å². The first-order valence-electron chi connectivity index (χ1n) is 9.54. The van der Waals surface area contributed by atoms with Gasteiger partial charge in [-0.05, 0) is 24.6 Å². The second-order valence-corrected chi connectivity index (χ2v) is 8.37. The molecule has 0 bridgehead atoms. The molecule has 1 amide bonds. The smallest absolute Gasteiger partial charge is 0.231 e. The van der Waals surface area contributed by atoms with E-state index in [0.717, 1.165) is 11.1 Å². The van der Waals surface area contributed by atoms with E-state index in [1.807, 2.05) is 31.2 Å². The summed E-state index contributed by atoms with van der Waals surface area (Å²) in [6, 6.07) is 15.3. The first kappa shape index (κ1) is 20.3. The Kier molecular flexibility index (Phi) is 5.22. The Balaban J connectivity index is 1.79. The van der Waals surface area contributed by atoms with E-state index in [4.69, 9.17) is 9.47 Å². The molecule has 4 rings (SSSR count). The third-order valence-corrected chi connectivity index (χ3v) is 6.86. The SMILES string of the molecule is COc1ccc([C@@]2(O)CSC3=C(C#N)[C@H](c4ccc(C)cc4)CC(=O)N32)cc1OC. The highest BCUT2D eigenvalue weighted by molar-refractivity contribution is 8.03. The predicted octanol–water partition coefficient (Wildman–Crippen LogP) is 3.66. The molecule has 154 valence electrons. The molecule has 2 aliphatic rings. The summed E-state index contributed by atoms with van der Waals surface area (Å²) in [5.74, 6) is 0.711. The van der Waals surface area contributed by atoms with E-state index in [1.165, 1.54) is 30.9 Å². The summed E-state index contributed by atoms with van der Waals surface area (Å²) in [6.45, 7) is 2.00. The van der Waals surface area contributed by atoms with Crippen molar-refractivity contribution in [2.45, 2.75) is 25.0 Å². The number of aryl methyl sites for hydroxylation is 1. The first-order valence-corrected chi connectivity index (χ1v) is 10.5. The highest BCUT2D eigenvalue weighted by atomic mass is 32.2. The van der Waals surface area contributed by atoms with Gasteiger partial charge in [0.25, 0.3) is 0 Å². The number of thioether (sulfide) groups is 1. The van der Waals surface area contributed by atoms with E-state index in [0.29, 0.717) is 27.7 Å². The lowest BCUT2D eigenvalue weighted by Crippen LogP contribution is -2.48. The van der Waals surface area contributed by atoms with E-state index in [1.54, 1.807) is 18.2 Å². The van der Waals surface area contributed by atoms with Crippen molar-refractivity contribution in [3.63, 3.8) is 0 Å². The summed E-state index contributed by atoms with van der Waals surface area (Å²) in [6.07, 6.45) is 0.131. The lowest BCUT2D eigenvalue weighted by Gasteiger charge is -2.38. The highest BCUT2D eigenvalue weighted by Gasteiger charge is 2.52. The number of fused-ring (bicyclic) bond motifs is 1. The molecular weight excluding hydrogens is 400 g/mol. The van der Waals surface area contributed by atoms with Crippen LogP contribution in [0.4, 0.5) is 0 Å². The van der Waals surface area contributed by atoms with Crippen LogP contribution in [0.25, 0.3) is 0 Å². The summed E-state index contributed by atoms with van der Waals surface area (Å²) in [7, 11) is 3.06. The van der Waals surface area contributed by atoms with Gasteiger partial charge >= 0.3 is 0 Å². The number of allylic oxidation sites excluding steroid dienone is 1. The molecule has 0 radical (unpaired) electrons. The number of methoxy groups -OCH3 is 2. The molecule has 1 saturated heterocycles. The molecule has 1 N–H and O–H groups in total. The number of carbonyl (C=O) groups is 1. The molecule has 0 spiro atoms. The summed E-state index contributed by atoms with van der Waals surface area (Å²) >= 11 is 1.33. The van der Waals surface area contributed by atoms with Crippen LogP contribution in [-0.4, -0.2) is 35.9 Å². The van der Waals surface area contributed by atoms with Gasteiger partial charge in [0.05, 0.1) is 36.6 Å². The van der Waals surface area contributed by atoms with E-state index in [9.17, 15) is 15.2 Å². The van der Waals surface area contributed by atoms with Gasteiger partial charge in [-0.1, -0.05) is 35.9 Å². The molecule has 6 nitrogen and oxygen atoms in total. The molecule has 2 aromatic rings. The maximum atomic E-state index is 13.2. The van der Waals surface area contributed by atoms with Crippen LogP contribution in [0.15, 0.2) is 53.1 Å². The number of nitrogens with zero attached hydrogens (tertiary/aromatic N) is 2. The quantitative estimate of drug-likeness (QED) is 0.810. The van der Waals surface area contributed by atoms with Gasteiger partial charge in [-0.3, -0.25) is 9.69 Å². The molecule has 0 unspecified atom stereocenters. The lowest BCUT2D eigenvalue weighted by molar-refractivity contribution is -0.149. The average molecular weight is 423 g/mol. The van der Waals surface area contributed by atoms with Gasteiger partial charge in [-0.2, -0.15) is 5.26 Å². The fourth-order valence-corrected chi connectivity index (χ4v) is 5.37. The third-order valence-electron chi connectivity index (χ3n) is 5.64. The van der Waals surface area contributed by atoms with Crippen LogP contribution in [0.1, 0.15) is 29.0 Å². The van der Waals surface area contributed by atoms with Crippen LogP contribution in [0, 0.1) is 18.3 Å². The lowest BCUT2D eigenvalue weighted by atomic mass is 9.85. The van der Waals surface area contributed by atoms with Crippen molar-refractivity contribution in [2.75, 3.05) is 20.0 Å². The van der Waals surface area contributed by atoms with Crippen LogP contribution in [0.3, 0.4) is 0 Å². The summed E-state index contributed by atoms with van der Waals surface area (Å²) in [4.78, 5) is 14.6. The molecule has 7 heteroatoms. The van der Waals surface area contributed by atoms with Gasteiger partial charge in [0.2, 0.25) is 5.91 Å². The summed E-state index contributed by atoms with van der Waals surface area (Å²) in [5.41, 5.74) is 1.52. The molecule has 30 heavy (non-hydrogen) atoms. The molecule has 0 saturated carbocycles. The van der Waals surface area contributed by atoms with Gasteiger partial charge in [0.15, 0.2) is 17.2 Å². The number of benzene rings is 2. The third kappa shape index (κ3) is 3.13. The van der Waals surface area contributed by atoms with Gasteiger partial charge in [0, 0.05) is 17.9 Å². The van der Waals surface area contributed by atoms with Crippen LogP contribution in [-0.2, 0) is 10.5 Å². The van der Waals surface area contributed by atoms with Gasteiger partial charge < -0.3 is 14.6 Å². The number of carbonyl (C=O) groups excluding carboxylic acids is 1. The minimum Gasteiger partial charge on any atom is -0.493 e. The minimum absolute atomic E-state index is 0.131. The monoisotopic (exact) mass is 422 g/mol. The molecule has 0 aromatic heterocycles. The average Bonchev–Trinajstić information content (AvgIpc) is 3.13. The zero-order valence-electron chi connectivity index (χ0n) is 17.0. The number of hydrogen-bond acceptors (Lipinski definition) is 6. The number of nitriles is 1. The number of amides is 1. The zero-order valence-corrected chi connectivity index (χ0v) is 17.8. The van der Waals surface area contributed by atoms with Crippen molar-refractivity contribution < 1.29 is 19.4 Å². The Morgan fingerprint density at radius 1 is 1.17 bits per heavy atom. The number of ether oxygens (including phenoxy) is 2. The van der Waals surface area contributed by atoms with Crippen molar-refractivity contribution in [1.82, 2.24) is 4.90 Å². The standard InChI is InChI=1S/C23H22N2O4S/c1-14-4-6-15(7-5-14)17-11-21(26)25-22(18(17)12-24)30-13-23(25,27)16-8-9-19(28-2)20(10-16)29-3/h4-10,17,27H,11,13H2,1-3H3/t17-,23-/m0/s1. The Morgan fingerprint density at radius 2 is 1.87 bits per heavy atom. The highest BCUT2D eigenvalue weighted by Crippen LogP contribution is 2.52. The van der Waals surface area contributed by atoms with Crippen LogP contribution >= 0.6 is 11.8 Å². The van der Waals surface area contributed by atoms with E-state index in [2.05, 4.69) is 6.07 Å². The molecule has 2 heterocycles. The van der Waals surface area contributed by atoms with Crippen molar-refractivity contribution >= 4 is 17.7 Å². The molecule has 2 aromatic carbocycles. The zero-order chi connectivity index (χ0) is 21.5. The van der Waals surface area contributed by atoms with Crippen molar-refractivity contribution in [2.24, 2.45) is 0 Å². The van der Waals surface area contributed by atoms with Crippen LogP contribution in [0.2, 0.25) is 0 Å². The number of rotatable bonds is 4. The first-order chi connectivity index (χ1) is 14.4. The second-order valence-electron chi connectivity index (χ2n) is 7.40. The maximum absolute atomic E-state index is 13.2. The second kappa shape index (κ2) is 7.71. The molecular formula is C23H22N2O4S. The molecule has 2 atom stereocenters. The predicted molar refractivity (Wildman–Crippen MR) is 114 cm³/mol. The topological polar surface area (TPSA) is 82.8 Å². The largest absolute Gasteiger partial charge is 0.493 e. The number of aliphatic hydroxyl groups is 1. The molecule has 1 fully saturated rings. The van der Waals surface area contributed by atoms with Gasteiger partial charge in [-0.15, -0.1) is 11.8 Å². The van der Waals surface area contributed by atoms with E-state index in [-0.39, 0.29) is 24.0 Å². The fraction of sp³-hybridized carbons (Fsp3) is 0.304. The summed E-state index contributed by atoms with van der Waals surface area (Å²) in [5, 5.41) is 22.0. The Labute approximate surface area is 179 Å². The Bertz CT molecular complexity index is 1070. The Hall–Kier alpha value is -2.95. The van der Waals surface area contributed by atoms with Crippen LogP contribution < -0.4 is 9.47 Å². The van der Waals surface area contributed by atoms with E-state index >= 15 is 0 Å². The Morgan fingerprint density at radius 3 is 2.50 bits per heavy atom. The minimum atomic E-state index is -1.56. The van der Waals surface area contributed by atoms with Crippen LogP contribution in [0.5, 0.6) is 11.5 Å². The molecule has 2 aliphatic heterocycles. The van der Waals surface area contributed by atoms with Crippen molar-refractivity contribution in [1.29, 1.82) is 5.26 Å². The maximum Gasteiger partial charge on any atom is 0.231 e. The van der Waals surface area contributed by atoms with Gasteiger partial charge in [-0.25, -0.2) is 0 Å². The molecule has 0 aliphatic carbocycles. The normalized spacial score (nSPS) is 23.2.